The van der Waals surface area contributed by atoms with Crippen LogP contribution in [0, 0.1) is 0 Å². The third-order valence-corrected chi connectivity index (χ3v) is 1.93. The fourth-order valence-corrected chi connectivity index (χ4v) is 1.11. The van der Waals surface area contributed by atoms with Crippen molar-refractivity contribution in [1.82, 2.24) is 4.90 Å². The van der Waals surface area contributed by atoms with E-state index in [1.807, 2.05) is 0 Å². The van der Waals surface area contributed by atoms with Crippen LogP contribution in [-0.2, 0) is 0 Å². The van der Waals surface area contributed by atoms with Crippen molar-refractivity contribution in [3.63, 3.8) is 0 Å². The van der Waals surface area contributed by atoms with Crippen molar-refractivity contribution in [2.24, 2.45) is 17.2 Å². The van der Waals surface area contributed by atoms with Gasteiger partial charge in [-0.25, -0.2) is 0 Å². The first kappa shape index (κ1) is 11.4. The van der Waals surface area contributed by atoms with Gasteiger partial charge in [-0.2, -0.15) is 0 Å². The van der Waals surface area contributed by atoms with E-state index in [0.717, 1.165) is 4.90 Å². The lowest BCUT2D eigenvalue weighted by Gasteiger charge is -2.24. The zero-order valence-corrected chi connectivity index (χ0v) is 8.13. The molecule has 0 aliphatic carbocycles. The minimum Gasteiger partial charge on any atom is -0.508 e. The van der Waals surface area contributed by atoms with Crippen molar-refractivity contribution in [3.05, 3.63) is 29.8 Å². The number of benzene rings is 1. The molecule has 1 aromatic rings. The van der Waals surface area contributed by atoms with E-state index in [1.165, 1.54) is 24.3 Å². The van der Waals surface area contributed by atoms with Crippen LogP contribution in [0.5, 0.6) is 5.75 Å². The van der Waals surface area contributed by atoms with Crippen LogP contribution in [-0.4, -0.2) is 28.9 Å². The smallest absolute Gasteiger partial charge is 0.257 e. The minimum atomic E-state index is -0.934. The summed E-state index contributed by atoms with van der Waals surface area (Å²) in [5.41, 5.74) is 16.4. The molecule has 0 saturated heterocycles. The number of hydrogen-bond acceptors (Lipinski definition) is 5. The quantitative estimate of drug-likeness (QED) is 0.475. The first-order valence-electron chi connectivity index (χ1n) is 4.37. The molecular weight excluding hydrogens is 196 g/mol. The van der Waals surface area contributed by atoms with Gasteiger partial charge in [0.1, 0.15) is 12.0 Å². The second-order valence-corrected chi connectivity index (χ2v) is 2.99. The first-order chi connectivity index (χ1) is 7.06. The Labute approximate surface area is 87.3 Å². The zero-order chi connectivity index (χ0) is 11.4. The van der Waals surface area contributed by atoms with Crippen molar-refractivity contribution in [3.8, 4) is 5.75 Å². The number of nitrogens with two attached hydrogens (primary N) is 3. The van der Waals surface area contributed by atoms with Crippen LogP contribution < -0.4 is 17.2 Å². The summed E-state index contributed by atoms with van der Waals surface area (Å²) in [6.45, 7) is -0.0582. The van der Waals surface area contributed by atoms with Crippen molar-refractivity contribution in [2.75, 3.05) is 6.67 Å². The number of phenolic OH excluding ortho intramolecular Hbond substituents is 1. The van der Waals surface area contributed by atoms with Gasteiger partial charge in [0.2, 0.25) is 0 Å². The lowest BCUT2D eigenvalue weighted by atomic mass is 10.2. The van der Waals surface area contributed by atoms with E-state index in [9.17, 15) is 4.79 Å². The Bertz CT molecular complexity index is 336. The lowest BCUT2D eigenvalue weighted by Crippen LogP contribution is -2.53. The summed E-state index contributed by atoms with van der Waals surface area (Å²) in [6, 6.07) is 5.76. The maximum atomic E-state index is 11.7. The van der Waals surface area contributed by atoms with Gasteiger partial charge in [0.05, 0.1) is 6.67 Å². The van der Waals surface area contributed by atoms with Crippen LogP contribution in [0.1, 0.15) is 10.4 Å². The molecule has 0 unspecified atom stereocenters. The topological polar surface area (TPSA) is 119 Å². The first-order valence-corrected chi connectivity index (χ1v) is 4.37. The van der Waals surface area contributed by atoms with Crippen LogP contribution in [0.15, 0.2) is 24.3 Å². The predicted octanol–water partition coefficient (Wildman–Crippen LogP) is -1.05. The summed E-state index contributed by atoms with van der Waals surface area (Å²) in [7, 11) is 0. The molecule has 0 spiro atoms. The molecule has 1 aromatic carbocycles. The summed E-state index contributed by atoms with van der Waals surface area (Å²) in [6.07, 6.45) is -0.934. The highest BCUT2D eigenvalue weighted by Crippen LogP contribution is 2.11. The molecule has 1 amide bonds. The molecule has 0 aromatic heterocycles. The molecule has 1 rings (SSSR count). The second-order valence-electron chi connectivity index (χ2n) is 2.99. The Hall–Kier alpha value is -1.63. The van der Waals surface area contributed by atoms with E-state index in [-0.39, 0.29) is 18.3 Å². The number of nitrogens with zero attached hydrogens (tertiary/aromatic N) is 1. The third kappa shape index (κ3) is 2.66. The van der Waals surface area contributed by atoms with Crippen molar-refractivity contribution in [2.45, 2.75) is 6.29 Å². The van der Waals surface area contributed by atoms with Crippen molar-refractivity contribution >= 4 is 5.91 Å². The Balaban J connectivity index is 2.88. The molecule has 6 heteroatoms. The molecule has 0 aliphatic rings. The highest BCUT2D eigenvalue weighted by Gasteiger charge is 2.17. The number of hydrogen-bond donors (Lipinski definition) is 4. The average molecular weight is 210 g/mol. The second kappa shape index (κ2) is 4.74. The average Bonchev–Trinajstić information content (AvgIpc) is 2.19. The molecule has 82 valence electrons. The Morgan fingerprint density at radius 2 is 1.87 bits per heavy atom. The summed E-state index contributed by atoms with van der Waals surface area (Å²) >= 11 is 0. The van der Waals surface area contributed by atoms with Gasteiger partial charge in [-0.1, -0.05) is 0 Å². The highest BCUT2D eigenvalue weighted by atomic mass is 16.3. The standard InChI is InChI=1S/C9H14N4O2/c10-5-13(9(11)12)8(15)6-1-3-7(14)4-2-6/h1-4,9,14H,5,10-12H2. The van der Waals surface area contributed by atoms with E-state index in [1.54, 1.807) is 0 Å². The van der Waals surface area contributed by atoms with E-state index in [0.29, 0.717) is 5.56 Å². The van der Waals surface area contributed by atoms with E-state index in [2.05, 4.69) is 0 Å². The van der Waals surface area contributed by atoms with Gasteiger partial charge >= 0.3 is 0 Å². The Kier molecular flexibility index (Phi) is 3.62. The van der Waals surface area contributed by atoms with Gasteiger partial charge in [-0.05, 0) is 24.3 Å². The van der Waals surface area contributed by atoms with E-state index >= 15 is 0 Å². The number of amides is 1. The number of phenols is 1. The third-order valence-electron chi connectivity index (χ3n) is 1.93. The van der Waals surface area contributed by atoms with E-state index < -0.39 is 6.29 Å². The molecular formula is C9H14N4O2. The van der Waals surface area contributed by atoms with Gasteiger partial charge in [0, 0.05) is 5.56 Å². The molecule has 0 atom stereocenters. The Morgan fingerprint density at radius 3 is 2.27 bits per heavy atom. The fourth-order valence-electron chi connectivity index (χ4n) is 1.11. The molecule has 0 radical (unpaired) electrons. The molecule has 0 fully saturated rings. The van der Waals surface area contributed by atoms with Gasteiger partial charge < -0.3 is 10.8 Å². The van der Waals surface area contributed by atoms with Gasteiger partial charge in [0.25, 0.3) is 5.91 Å². The fraction of sp³-hybridized carbons (Fsp3) is 0.222. The molecule has 7 N–H and O–H groups in total. The molecule has 6 nitrogen and oxygen atoms in total. The summed E-state index contributed by atoms with van der Waals surface area (Å²) < 4.78 is 0. The van der Waals surface area contributed by atoms with Crippen LogP contribution in [0.3, 0.4) is 0 Å². The van der Waals surface area contributed by atoms with Crippen molar-refractivity contribution in [1.29, 1.82) is 0 Å². The summed E-state index contributed by atoms with van der Waals surface area (Å²) in [4.78, 5) is 12.9. The molecule has 0 aliphatic heterocycles. The Morgan fingerprint density at radius 1 is 1.33 bits per heavy atom. The maximum absolute atomic E-state index is 11.7. The largest absolute Gasteiger partial charge is 0.508 e. The van der Waals surface area contributed by atoms with Crippen LogP contribution in [0.4, 0.5) is 0 Å². The number of rotatable bonds is 3. The maximum Gasteiger partial charge on any atom is 0.257 e. The van der Waals surface area contributed by atoms with Gasteiger partial charge in [-0.15, -0.1) is 0 Å². The summed E-state index contributed by atoms with van der Waals surface area (Å²) in [5, 5.41) is 9.04. The van der Waals surface area contributed by atoms with Crippen LogP contribution >= 0.6 is 0 Å². The predicted molar refractivity (Wildman–Crippen MR) is 55.5 cm³/mol. The SMILES string of the molecule is NCN(C(=O)c1ccc(O)cc1)C(N)N. The van der Waals surface area contributed by atoms with Crippen LogP contribution in [0.25, 0.3) is 0 Å². The van der Waals surface area contributed by atoms with Gasteiger partial charge in [-0.3, -0.25) is 21.2 Å². The highest BCUT2D eigenvalue weighted by molar-refractivity contribution is 5.94. The monoisotopic (exact) mass is 210 g/mol. The number of carbonyl (C=O) groups is 1. The molecule has 0 saturated carbocycles. The number of carbonyl (C=O) groups excluding carboxylic acids is 1. The molecule has 0 bridgehead atoms. The van der Waals surface area contributed by atoms with Crippen LogP contribution in [0.2, 0.25) is 0 Å². The zero-order valence-electron chi connectivity index (χ0n) is 8.13. The number of aromatic hydroxyl groups is 1. The normalized spacial score (nSPS) is 10.4. The van der Waals surface area contributed by atoms with Gasteiger partial charge in [0.15, 0.2) is 0 Å². The molecule has 0 heterocycles. The van der Waals surface area contributed by atoms with Crippen molar-refractivity contribution < 1.29 is 9.90 Å². The van der Waals surface area contributed by atoms with E-state index in [4.69, 9.17) is 22.3 Å². The summed E-state index contributed by atoms with van der Waals surface area (Å²) in [5.74, 6) is -0.282. The molecule has 15 heavy (non-hydrogen) atoms. The minimum absolute atomic E-state index is 0.0582. The lowest BCUT2D eigenvalue weighted by molar-refractivity contribution is 0.0693.